The second kappa shape index (κ2) is 8.43. The first kappa shape index (κ1) is 20.3. The van der Waals surface area contributed by atoms with E-state index < -0.39 is 5.91 Å². The van der Waals surface area contributed by atoms with Gasteiger partial charge in [0.05, 0.1) is 11.1 Å². The fraction of sp³-hybridized carbons (Fsp3) is 0.217. The van der Waals surface area contributed by atoms with Gasteiger partial charge in [-0.15, -0.1) is 0 Å². The van der Waals surface area contributed by atoms with Crippen LogP contribution in [0.2, 0.25) is 0 Å². The van der Waals surface area contributed by atoms with E-state index in [-0.39, 0.29) is 35.6 Å². The molecule has 0 saturated heterocycles. The lowest BCUT2D eigenvalue weighted by molar-refractivity contribution is -0.116. The predicted octanol–water partition coefficient (Wildman–Crippen LogP) is 3.33. The predicted molar refractivity (Wildman–Crippen MR) is 114 cm³/mol. The van der Waals surface area contributed by atoms with Crippen LogP contribution in [0.1, 0.15) is 57.0 Å². The molecule has 0 spiro atoms. The van der Waals surface area contributed by atoms with Gasteiger partial charge in [-0.2, -0.15) is 0 Å². The average molecular weight is 419 g/mol. The molecule has 2 aromatic carbocycles. The lowest BCUT2D eigenvalue weighted by atomic mass is 10.1. The van der Waals surface area contributed by atoms with Crippen LogP contribution in [0, 0.1) is 0 Å². The first-order valence-electron chi connectivity index (χ1n) is 10.0. The van der Waals surface area contributed by atoms with Crippen LogP contribution in [0.15, 0.2) is 52.9 Å². The first-order valence-corrected chi connectivity index (χ1v) is 10.0. The fourth-order valence-corrected chi connectivity index (χ4v) is 3.72. The number of furan rings is 1. The molecule has 2 heterocycles. The Morgan fingerprint density at radius 2 is 1.55 bits per heavy atom. The second-order valence-corrected chi connectivity index (χ2v) is 7.33. The Hall–Kier alpha value is -3.94. The molecule has 1 aromatic heterocycles. The van der Waals surface area contributed by atoms with Gasteiger partial charge in [0, 0.05) is 18.4 Å². The Morgan fingerprint density at radius 1 is 0.903 bits per heavy atom. The number of unbranched alkanes of at least 4 members (excludes halogenated alkanes) is 2. The highest BCUT2D eigenvalue weighted by molar-refractivity contribution is 6.21. The molecule has 0 bridgehead atoms. The van der Waals surface area contributed by atoms with Crippen LogP contribution >= 0.6 is 0 Å². The molecular weight excluding hydrogens is 398 g/mol. The highest BCUT2D eigenvalue weighted by Crippen LogP contribution is 2.30. The summed E-state index contributed by atoms with van der Waals surface area (Å²) >= 11 is 0. The van der Waals surface area contributed by atoms with Crippen molar-refractivity contribution in [1.29, 1.82) is 0 Å². The van der Waals surface area contributed by atoms with Crippen LogP contribution in [0.4, 0.5) is 5.69 Å². The van der Waals surface area contributed by atoms with E-state index in [4.69, 9.17) is 10.2 Å². The van der Waals surface area contributed by atoms with E-state index in [0.29, 0.717) is 47.9 Å². The van der Waals surface area contributed by atoms with E-state index >= 15 is 0 Å². The highest BCUT2D eigenvalue weighted by Gasteiger charge is 2.34. The van der Waals surface area contributed by atoms with Gasteiger partial charge in [-0.3, -0.25) is 24.1 Å². The van der Waals surface area contributed by atoms with Crippen LogP contribution in [0.3, 0.4) is 0 Å². The van der Waals surface area contributed by atoms with E-state index in [0.717, 1.165) is 0 Å². The Balaban J connectivity index is 1.28. The normalized spacial score (nSPS) is 13.0. The number of primary amides is 1. The van der Waals surface area contributed by atoms with Gasteiger partial charge in [-0.1, -0.05) is 30.7 Å². The lowest BCUT2D eigenvalue weighted by Crippen LogP contribution is -2.30. The number of hydrogen-bond donors (Lipinski definition) is 2. The zero-order chi connectivity index (χ0) is 22.0. The third kappa shape index (κ3) is 3.92. The molecule has 4 rings (SSSR count). The molecule has 4 amide bonds. The van der Waals surface area contributed by atoms with Gasteiger partial charge in [0.25, 0.3) is 17.7 Å². The van der Waals surface area contributed by atoms with Crippen molar-refractivity contribution in [3.05, 3.63) is 65.4 Å². The monoisotopic (exact) mass is 419 g/mol. The lowest BCUT2D eigenvalue weighted by Gasteiger charge is -2.13. The van der Waals surface area contributed by atoms with Crippen LogP contribution in [-0.4, -0.2) is 35.1 Å². The first-order chi connectivity index (χ1) is 15.0. The molecule has 0 radical (unpaired) electrons. The summed E-state index contributed by atoms with van der Waals surface area (Å²) in [4.78, 5) is 50.0. The summed E-state index contributed by atoms with van der Waals surface area (Å²) in [6.45, 7) is 0.312. The minimum absolute atomic E-state index is 0.0832. The van der Waals surface area contributed by atoms with Crippen molar-refractivity contribution in [2.75, 3.05) is 11.9 Å². The number of carbonyl (C=O) groups excluding carboxylic acids is 4. The molecule has 3 aromatic rings. The summed E-state index contributed by atoms with van der Waals surface area (Å²) in [5, 5.41) is 3.33. The summed E-state index contributed by atoms with van der Waals surface area (Å²) in [6, 6.07) is 13.7. The number of benzene rings is 2. The van der Waals surface area contributed by atoms with E-state index in [1.807, 2.05) is 0 Å². The standard InChI is InChI=1S/C23H21N3O5/c24-21(28)20-19(16-10-5-6-11-17(16)31-20)25-18(27)12-2-1-7-13-26-22(29)14-8-3-4-9-15(14)23(26)30/h3-6,8-11H,1-2,7,12-13H2,(H2,24,28)(H,25,27). The molecule has 3 N–H and O–H groups in total. The number of anilines is 1. The zero-order valence-corrected chi connectivity index (χ0v) is 16.7. The molecule has 0 aliphatic carbocycles. The maximum atomic E-state index is 12.4. The van der Waals surface area contributed by atoms with Crippen molar-refractivity contribution in [3.63, 3.8) is 0 Å². The van der Waals surface area contributed by atoms with Crippen molar-refractivity contribution in [2.45, 2.75) is 25.7 Å². The highest BCUT2D eigenvalue weighted by atomic mass is 16.3. The van der Waals surface area contributed by atoms with Crippen molar-refractivity contribution in [1.82, 2.24) is 4.90 Å². The molecular formula is C23H21N3O5. The van der Waals surface area contributed by atoms with Crippen LogP contribution in [0.25, 0.3) is 11.0 Å². The van der Waals surface area contributed by atoms with Gasteiger partial charge in [-0.05, 0) is 37.1 Å². The molecule has 1 aliphatic rings. The topological polar surface area (TPSA) is 123 Å². The van der Waals surface area contributed by atoms with E-state index in [2.05, 4.69) is 5.32 Å². The van der Waals surface area contributed by atoms with Gasteiger partial charge in [-0.25, -0.2) is 0 Å². The van der Waals surface area contributed by atoms with Crippen LogP contribution in [-0.2, 0) is 4.79 Å². The van der Waals surface area contributed by atoms with Crippen LogP contribution < -0.4 is 11.1 Å². The number of amides is 4. The minimum Gasteiger partial charge on any atom is -0.449 e. The summed E-state index contributed by atoms with van der Waals surface area (Å²) in [6.07, 6.45) is 2.05. The SMILES string of the molecule is NC(=O)c1oc2ccccc2c1NC(=O)CCCCCN1C(=O)c2ccccc2C1=O. The smallest absolute Gasteiger partial charge is 0.286 e. The third-order valence-corrected chi connectivity index (χ3v) is 5.25. The summed E-state index contributed by atoms with van der Waals surface area (Å²) in [7, 11) is 0. The number of nitrogens with one attached hydrogen (secondary N) is 1. The molecule has 8 nitrogen and oxygen atoms in total. The molecule has 1 aliphatic heterocycles. The Morgan fingerprint density at radius 3 is 2.23 bits per heavy atom. The van der Waals surface area contributed by atoms with Crippen LogP contribution in [0.5, 0.6) is 0 Å². The number of imide groups is 1. The Kier molecular flexibility index (Phi) is 5.53. The number of rotatable bonds is 8. The van der Waals surface area contributed by atoms with Gasteiger partial charge in [0.15, 0.2) is 0 Å². The van der Waals surface area contributed by atoms with E-state index in [1.54, 1.807) is 48.5 Å². The zero-order valence-electron chi connectivity index (χ0n) is 16.7. The Labute approximate surface area is 178 Å². The second-order valence-electron chi connectivity index (χ2n) is 7.33. The van der Waals surface area contributed by atoms with Gasteiger partial charge in [0.1, 0.15) is 11.3 Å². The Bertz CT molecular complexity index is 1160. The number of nitrogens with zero attached hydrogens (tertiary/aromatic N) is 1. The number of carbonyl (C=O) groups is 4. The average Bonchev–Trinajstić information content (AvgIpc) is 3.25. The van der Waals surface area contributed by atoms with Crippen molar-refractivity contribution >= 4 is 40.3 Å². The van der Waals surface area contributed by atoms with E-state index in [9.17, 15) is 19.2 Å². The molecule has 0 unspecified atom stereocenters. The molecule has 158 valence electrons. The molecule has 0 atom stereocenters. The third-order valence-electron chi connectivity index (χ3n) is 5.25. The number of hydrogen-bond acceptors (Lipinski definition) is 5. The molecule has 8 heteroatoms. The summed E-state index contributed by atoms with van der Waals surface area (Å²) in [5.74, 6) is -1.66. The number of nitrogens with two attached hydrogens (primary N) is 1. The van der Waals surface area contributed by atoms with Crippen molar-refractivity contribution in [3.8, 4) is 0 Å². The van der Waals surface area contributed by atoms with Gasteiger partial charge in [0.2, 0.25) is 11.7 Å². The number of para-hydroxylation sites is 1. The maximum Gasteiger partial charge on any atom is 0.286 e. The molecule has 0 saturated carbocycles. The molecule has 0 fully saturated rings. The van der Waals surface area contributed by atoms with Gasteiger partial charge >= 0.3 is 0 Å². The fourth-order valence-electron chi connectivity index (χ4n) is 3.72. The van der Waals surface area contributed by atoms with Crippen molar-refractivity contribution < 1.29 is 23.6 Å². The van der Waals surface area contributed by atoms with E-state index in [1.165, 1.54) is 4.90 Å². The largest absolute Gasteiger partial charge is 0.449 e. The number of fused-ring (bicyclic) bond motifs is 2. The summed E-state index contributed by atoms with van der Waals surface area (Å²) in [5.41, 5.74) is 6.98. The molecule has 31 heavy (non-hydrogen) atoms. The van der Waals surface area contributed by atoms with Crippen molar-refractivity contribution in [2.24, 2.45) is 5.73 Å². The van der Waals surface area contributed by atoms with Gasteiger partial charge < -0.3 is 15.5 Å². The maximum absolute atomic E-state index is 12.4. The summed E-state index contributed by atoms with van der Waals surface area (Å²) < 4.78 is 5.45. The quantitative estimate of drug-likeness (QED) is 0.428. The minimum atomic E-state index is -0.757.